The monoisotopic (exact) mass is 346 g/mol. The number of hydrogen-bond donors (Lipinski definition) is 1. The van der Waals surface area contributed by atoms with Crippen LogP contribution in [0.25, 0.3) is 0 Å². The molecule has 3 rings (SSSR count). The molecule has 0 saturated carbocycles. The molecule has 2 aromatic rings. The van der Waals surface area contributed by atoms with Gasteiger partial charge in [-0.05, 0) is 23.8 Å². The van der Waals surface area contributed by atoms with Crippen molar-refractivity contribution in [3.8, 4) is 11.5 Å². The Labute approximate surface area is 142 Å². The number of nitro benzene ring substituents is 1. The van der Waals surface area contributed by atoms with Crippen molar-refractivity contribution < 1.29 is 19.2 Å². The summed E-state index contributed by atoms with van der Waals surface area (Å²) in [6.45, 7) is 0.234. The van der Waals surface area contributed by atoms with E-state index in [1.807, 2.05) is 18.2 Å². The largest absolute Gasteiger partial charge is 0.454 e. The lowest BCUT2D eigenvalue weighted by molar-refractivity contribution is -0.384. The third-order valence-corrected chi connectivity index (χ3v) is 4.28. The van der Waals surface area contributed by atoms with E-state index in [2.05, 4.69) is 5.32 Å². The molecule has 0 spiro atoms. The number of ether oxygens (including phenoxy) is 2. The first-order valence-corrected chi connectivity index (χ1v) is 8.28. The molecule has 0 radical (unpaired) electrons. The molecule has 0 saturated heterocycles. The third kappa shape index (κ3) is 3.96. The smallest absolute Gasteiger partial charge is 0.271 e. The van der Waals surface area contributed by atoms with Gasteiger partial charge in [0.15, 0.2) is 11.5 Å². The quantitative estimate of drug-likeness (QED) is 0.638. The first-order chi connectivity index (χ1) is 11.6. The lowest BCUT2D eigenvalue weighted by atomic mass is 10.2. The molecule has 1 amide bonds. The van der Waals surface area contributed by atoms with Gasteiger partial charge in [-0.3, -0.25) is 14.9 Å². The van der Waals surface area contributed by atoms with Crippen LogP contribution in [0.15, 0.2) is 42.5 Å². The van der Waals surface area contributed by atoms with Crippen molar-refractivity contribution in [1.82, 2.24) is 0 Å². The Kier molecular flexibility index (Phi) is 4.85. The van der Waals surface area contributed by atoms with Crippen molar-refractivity contribution in [2.45, 2.75) is 5.75 Å². The molecule has 0 aliphatic carbocycles. The van der Waals surface area contributed by atoms with Gasteiger partial charge in [0.25, 0.3) is 5.69 Å². The van der Waals surface area contributed by atoms with E-state index in [1.54, 1.807) is 6.07 Å². The number of carbonyl (C=O) groups is 1. The average molecular weight is 346 g/mol. The summed E-state index contributed by atoms with van der Waals surface area (Å²) in [6, 6.07) is 11.5. The fourth-order valence-corrected chi connectivity index (χ4v) is 2.96. The Morgan fingerprint density at radius 1 is 1.21 bits per heavy atom. The second kappa shape index (κ2) is 7.22. The summed E-state index contributed by atoms with van der Waals surface area (Å²) in [5.74, 6) is 2.14. The van der Waals surface area contributed by atoms with Crippen LogP contribution in [0.1, 0.15) is 5.56 Å². The van der Waals surface area contributed by atoms with Crippen LogP contribution >= 0.6 is 11.8 Å². The van der Waals surface area contributed by atoms with Gasteiger partial charge < -0.3 is 14.8 Å². The molecule has 0 unspecified atom stereocenters. The zero-order chi connectivity index (χ0) is 16.9. The van der Waals surface area contributed by atoms with Gasteiger partial charge in [-0.2, -0.15) is 0 Å². The molecular formula is C16H14N2O5S. The van der Waals surface area contributed by atoms with E-state index in [0.717, 1.165) is 11.3 Å². The molecule has 0 atom stereocenters. The number of hydrogen-bond acceptors (Lipinski definition) is 6. The highest BCUT2D eigenvalue weighted by Crippen LogP contribution is 2.33. The second-order valence-electron chi connectivity index (χ2n) is 5.04. The van der Waals surface area contributed by atoms with Crippen LogP contribution in [-0.4, -0.2) is 23.4 Å². The van der Waals surface area contributed by atoms with E-state index >= 15 is 0 Å². The van der Waals surface area contributed by atoms with E-state index < -0.39 is 4.92 Å². The molecule has 0 bridgehead atoms. The van der Waals surface area contributed by atoms with E-state index in [9.17, 15) is 14.9 Å². The number of thioether (sulfide) groups is 1. The minimum Gasteiger partial charge on any atom is -0.454 e. The molecule has 0 aromatic heterocycles. The average Bonchev–Trinajstić information content (AvgIpc) is 3.02. The molecule has 1 heterocycles. The fraction of sp³-hybridized carbons (Fsp3) is 0.188. The molecular weight excluding hydrogens is 332 g/mol. The number of anilines is 1. The van der Waals surface area contributed by atoms with Gasteiger partial charge in [-0.1, -0.05) is 12.1 Å². The van der Waals surface area contributed by atoms with Gasteiger partial charge >= 0.3 is 0 Å². The highest BCUT2D eigenvalue weighted by Gasteiger charge is 2.13. The van der Waals surface area contributed by atoms with Gasteiger partial charge in [0.1, 0.15) is 0 Å². The number of non-ortho nitro benzene ring substituents is 1. The number of benzene rings is 2. The van der Waals surface area contributed by atoms with E-state index in [0.29, 0.717) is 17.2 Å². The number of amides is 1. The van der Waals surface area contributed by atoms with Gasteiger partial charge in [0, 0.05) is 23.6 Å². The van der Waals surface area contributed by atoms with Crippen LogP contribution in [0.5, 0.6) is 11.5 Å². The SMILES string of the molecule is O=C(CSCc1ccc2c(c1)OCO2)Nc1cccc([N+](=O)[O-])c1. The van der Waals surface area contributed by atoms with Crippen molar-refractivity contribution >= 4 is 29.0 Å². The summed E-state index contributed by atoms with van der Waals surface area (Å²) >= 11 is 1.45. The van der Waals surface area contributed by atoms with Crippen molar-refractivity contribution in [1.29, 1.82) is 0 Å². The summed E-state index contributed by atoms with van der Waals surface area (Å²) in [7, 11) is 0. The standard InChI is InChI=1S/C16H14N2O5S/c19-16(17-12-2-1-3-13(7-12)18(20)21)9-24-8-11-4-5-14-15(6-11)23-10-22-14/h1-7H,8-10H2,(H,17,19). The Morgan fingerprint density at radius 2 is 2.04 bits per heavy atom. The normalized spacial score (nSPS) is 12.0. The van der Waals surface area contributed by atoms with Gasteiger partial charge in [-0.25, -0.2) is 0 Å². The molecule has 1 aliphatic rings. The van der Waals surface area contributed by atoms with E-state index in [-0.39, 0.29) is 24.1 Å². The number of carbonyl (C=O) groups excluding carboxylic acids is 1. The van der Waals surface area contributed by atoms with Gasteiger partial charge in [-0.15, -0.1) is 11.8 Å². The maximum absolute atomic E-state index is 11.9. The summed E-state index contributed by atoms with van der Waals surface area (Å²) in [5, 5.41) is 13.4. The summed E-state index contributed by atoms with van der Waals surface area (Å²) in [5.41, 5.74) is 1.39. The van der Waals surface area contributed by atoms with E-state index in [1.165, 1.54) is 30.0 Å². The molecule has 24 heavy (non-hydrogen) atoms. The molecule has 8 heteroatoms. The second-order valence-corrected chi connectivity index (χ2v) is 6.02. The van der Waals surface area contributed by atoms with Crippen LogP contribution in [-0.2, 0) is 10.5 Å². The first-order valence-electron chi connectivity index (χ1n) is 7.12. The van der Waals surface area contributed by atoms with E-state index in [4.69, 9.17) is 9.47 Å². The zero-order valence-corrected chi connectivity index (χ0v) is 13.4. The number of nitrogens with one attached hydrogen (secondary N) is 1. The van der Waals surface area contributed by atoms with Crippen LogP contribution < -0.4 is 14.8 Å². The minimum atomic E-state index is -0.496. The van der Waals surface area contributed by atoms with Crippen molar-refractivity contribution in [2.75, 3.05) is 17.9 Å². The minimum absolute atomic E-state index is 0.0548. The number of nitrogens with zero attached hydrogens (tertiary/aromatic N) is 1. The van der Waals surface area contributed by atoms with Crippen LogP contribution in [0.2, 0.25) is 0 Å². The molecule has 124 valence electrons. The topological polar surface area (TPSA) is 90.7 Å². The van der Waals surface area contributed by atoms with Crippen LogP contribution in [0.3, 0.4) is 0 Å². The molecule has 7 nitrogen and oxygen atoms in total. The van der Waals surface area contributed by atoms with Crippen molar-refractivity contribution in [3.05, 3.63) is 58.1 Å². The summed E-state index contributed by atoms with van der Waals surface area (Å²) in [6.07, 6.45) is 0. The Morgan fingerprint density at radius 3 is 2.88 bits per heavy atom. The molecule has 1 N–H and O–H groups in total. The summed E-state index contributed by atoms with van der Waals surface area (Å²) < 4.78 is 10.6. The maximum atomic E-state index is 11.9. The van der Waals surface area contributed by atoms with Gasteiger partial charge in [0.2, 0.25) is 12.7 Å². The molecule has 2 aromatic carbocycles. The number of nitro groups is 1. The summed E-state index contributed by atoms with van der Waals surface area (Å²) in [4.78, 5) is 22.1. The predicted molar refractivity (Wildman–Crippen MR) is 90.5 cm³/mol. The Balaban J connectivity index is 1.49. The highest BCUT2D eigenvalue weighted by molar-refractivity contribution is 7.99. The van der Waals surface area contributed by atoms with Crippen LogP contribution in [0.4, 0.5) is 11.4 Å². The predicted octanol–water partition coefficient (Wildman–Crippen LogP) is 3.20. The zero-order valence-electron chi connectivity index (χ0n) is 12.6. The Bertz CT molecular complexity index is 781. The lowest BCUT2D eigenvalue weighted by Crippen LogP contribution is -2.14. The van der Waals surface area contributed by atoms with Crippen LogP contribution in [0, 0.1) is 10.1 Å². The number of rotatable bonds is 6. The Hall–Kier alpha value is -2.74. The molecule has 1 aliphatic heterocycles. The first kappa shape index (κ1) is 16.1. The number of fused-ring (bicyclic) bond motifs is 1. The molecule has 0 fully saturated rings. The third-order valence-electron chi connectivity index (χ3n) is 3.28. The van der Waals surface area contributed by atoms with Crippen molar-refractivity contribution in [2.24, 2.45) is 0 Å². The van der Waals surface area contributed by atoms with Crippen molar-refractivity contribution in [3.63, 3.8) is 0 Å². The van der Waals surface area contributed by atoms with Gasteiger partial charge in [0.05, 0.1) is 10.7 Å². The highest BCUT2D eigenvalue weighted by atomic mass is 32.2. The maximum Gasteiger partial charge on any atom is 0.271 e. The lowest BCUT2D eigenvalue weighted by Gasteiger charge is -2.06. The fourth-order valence-electron chi connectivity index (χ4n) is 2.19.